The highest BCUT2D eigenvalue weighted by atomic mass is 32.2. The number of ether oxygens (including phenoxy) is 2. The predicted octanol–water partition coefficient (Wildman–Crippen LogP) is 7.03. The minimum Gasteiger partial charge on any atom is -0.497 e. The number of nitrogens with zero attached hydrogens (tertiary/aromatic N) is 1. The maximum atomic E-state index is 13.0. The molecule has 1 fully saturated rings. The van der Waals surface area contributed by atoms with Gasteiger partial charge in [-0.05, 0) is 73.3 Å². The molecule has 1 aliphatic carbocycles. The Bertz CT molecular complexity index is 1350. The van der Waals surface area contributed by atoms with Gasteiger partial charge in [-0.3, -0.25) is 9.52 Å². The molecular formula is C35H52N2O5S. The summed E-state index contributed by atoms with van der Waals surface area (Å²) in [5.41, 5.74) is 5.27. The summed E-state index contributed by atoms with van der Waals surface area (Å²) in [6.45, 7) is 15.5. The van der Waals surface area contributed by atoms with E-state index in [0.29, 0.717) is 26.0 Å². The van der Waals surface area contributed by atoms with Crippen molar-refractivity contribution < 1.29 is 22.7 Å². The number of allylic oxidation sites excluding steroid dienone is 6. The molecule has 2 heterocycles. The summed E-state index contributed by atoms with van der Waals surface area (Å²) in [7, 11) is -1.93. The van der Waals surface area contributed by atoms with Gasteiger partial charge >= 0.3 is 0 Å². The molecule has 4 rings (SSSR count). The van der Waals surface area contributed by atoms with E-state index < -0.39 is 21.3 Å². The number of piperidine rings is 1. The average molecular weight is 613 g/mol. The smallest absolute Gasteiger partial charge is 0.240 e. The zero-order valence-electron chi connectivity index (χ0n) is 27.5. The monoisotopic (exact) mass is 612 g/mol. The largest absolute Gasteiger partial charge is 0.497 e. The number of nitrogens with one attached hydrogen (secondary N) is 1. The van der Waals surface area contributed by atoms with Crippen LogP contribution in [0, 0.1) is 17.3 Å². The number of fused-ring (bicyclic) bond motifs is 1. The molecule has 0 spiro atoms. The molecule has 1 aromatic rings. The van der Waals surface area contributed by atoms with Crippen LogP contribution in [-0.4, -0.2) is 52.2 Å². The third-order valence-electron chi connectivity index (χ3n) is 9.11. The predicted molar refractivity (Wildman–Crippen MR) is 176 cm³/mol. The fourth-order valence-corrected chi connectivity index (χ4v) is 6.04. The van der Waals surface area contributed by atoms with Gasteiger partial charge in [-0.15, -0.1) is 0 Å². The summed E-state index contributed by atoms with van der Waals surface area (Å²) in [4.78, 5) is 15.3. The molecule has 1 N–H and O–H groups in total. The highest BCUT2D eigenvalue weighted by Crippen LogP contribution is 2.41. The van der Waals surface area contributed by atoms with Crippen LogP contribution in [0.5, 0.6) is 5.75 Å². The third kappa shape index (κ3) is 9.08. The van der Waals surface area contributed by atoms with Crippen molar-refractivity contribution in [2.45, 2.75) is 80.3 Å². The second-order valence-corrected chi connectivity index (χ2v) is 14.3. The molecule has 0 saturated carbocycles. The van der Waals surface area contributed by atoms with Crippen molar-refractivity contribution in [2.24, 2.45) is 17.3 Å². The van der Waals surface area contributed by atoms with Gasteiger partial charge in [0, 0.05) is 30.8 Å². The first-order valence-corrected chi connectivity index (χ1v) is 17.6. The quantitative estimate of drug-likeness (QED) is 0.340. The van der Waals surface area contributed by atoms with E-state index in [1.165, 1.54) is 16.7 Å². The lowest BCUT2D eigenvalue weighted by Crippen LogP contribution is -2.50. The van der Waals surface area contributed by atoms with Crippen LogP contribution < -0.4 is 9.46 Å². The van der Waals surface area contributed by atoms with Crippen LogP contribution in [0.4, 0.5) is 0 Å². The Morgan fingerprint density at radius 3 is 2.23 bits per heavy atom. The summed E-state index contributed by atoms with van der Waals surface area (Å²) in [5.74, 6) is 3.00. The number of carbonyl (C=O) groups is 1. The lowest BCUT2D eigenvalue weighted by molar-refractivity contribution is -0.131. The van der Waals surface area contributed by atoms with E-state index >= 15 is 0 Å². The van der Waals surface area contributed by atoms with Crippen molar-refractivity contribution in [3.05, 3.63) is 70.5 Å². The van der Waals surface area contributed by atoms with Gasteiger partial charge in [-0.25, -0.2) is 8.42 Å². The second kappa shape index (κ2) is 15.2. The van der Waals surface area contributed by atoms with Crippen molar-refractivity contribution in [1.29, 1.82) is 0 Å². The topological polar surface area (TPSA) is 84.9 Å². The minimum absolute atomic E-state index is 0.405. The highest BCUT2D eigenvalue weighted by Gasteiger charge is 2.39. The third-order valence-corrected chi connectivity index (χ3v) is 9.67. The molecule has 0 bridgehead atoms. The maximum Gasteiger partial charge on any atom is 0.240 e. The molecule has 2 aliphatic heterocycles. The van der Waals surface area contributed by atoms with E-state index in [1.807, 2.05) is 19.9 Å². The number of likely N-dealkylation sites (tertiary alicyclic amines) is 1. The molecule has 8 heteroatoms. The fourth-order valence-electron chi connectivity index (χ4n) is 5.49. The summed E-state index contributed by atoms with van der Waals surface area (Å²) in [6.07, 6.45) is 13.3. The summed E-state index contributed by atoms with van der Waals surface area (Å²) >= 11 is 0. The normalized spacial score (nSPS) is 17.4. The Morgan fingerprint density at radius 2 is 1.67 bits per heavy atom. The summed E-state index contributed by atoms with van der Waals surface area (Å²) < 4.78 is 37.5. The second-order valence-electron chi connectivity index (χ2n) is 12.6. The van der Waals surface area contributed by atoms with Crippen molar-refractivity contribution >= 4 is 21.5 Å². The summed E-state index contributed by atoms with van der Waals surface area (Å²) in [5, 5.41) is 0. The van der Waals surface area contributed by atoms with Crippen LogP contribution in [0.1, 0.15) is 84.8 Å². The number of carbonyl (C=O) groups excluding carboxylic acids is 1. The van der Waals surface area contributed by atoms with Gasteiger partial charge in [-0.2, -0.15) is 0 Å². The first kappa shape index (κ1) is 34.6. The molecule has 7 nitrogen and oxygen atoms in total. The number of sulfonamides is 1. The van der Waals surface area contributed by atoms with E-state index in [9.17, 15) is 13.2 Å². The molecule has 43 heavy (non-hydrogen) atoms. The Kier molecular flexibility index (Phi) is 12.3. The molecule has 1 aromatic carbocycles. The van der Waals surface area contributed by atoms with Crippen LogP contribution in [0.15, 0.2) is 59.4 Å². The van der Waals surface area contributed by atoms with Crippen molar-refractivity contribution in [3.63, 3.8) is 0 Å². The molecule has 3 aliphatic rings. The zero-order chi connectivity index (χ0) is 31.8. The van der Waals surface area contributed by atoms with Gasteiger partial charge in [0.25, 0.3) is 0 Å². The Morgan fingerprint density at radius 1 is 1.05 bits per heavy atom. The number of hydrogen-bond acceptors (Lipinski definition) is 6. The van der Waals surface area contributed by atoms with Gasteiger partial charge in [0.15, 0.2) is 0 Å². The standard InChI is InChI=1S/C29H38N2O5S.C6H14/c1-5-29(6-2,28(32)30-37(4,33)34)20-31-16-14-21(15-17-31)27-24-13-12-23(35-3)18-22(24)19-36-26-11-9-7-8-10-25(26)27;1-5(2)6(3)4/h8-13,18H,5-7,14-17,19-20H2,1-4H3,(H,30,32);5-6H,1-4H3. The minimum atomic E-state index is -3.61. The molecule has 238 valence electrons. The van der Waals surface area contributed by atoms with Gasteiger partial charge in [0.05, 0.1) is 18.8 Å². The number of methoxy groups -OCH3 is 1. The van der Waals surface area contributed by atoms with Crippen LogP contribution in [-0.2, 0) is 26.2 Å². The Labute approximate surface area is 260 Å². The Hall–Kier alpha value is -2.84. The number of amides is 1. The number of rotatable bonds is 8. The van der Waals surface area contributed by atoms with E-state index in [1.54, 1.807) is 7.11 Å². The first-order valence-electron chi connectivity index (χ1n) is 15.7. The van der Waals surface area contributed by atoms with E-state index in [2.05, 4.69) is 73.8 Å². The number of benzene rings is 1. The zero-order valence-corrected chi connectivity index (χ0v) is 28.3. The van der Waals surface area contributed by atoms with E-state index in [0.717, 1.165) is 73.1 Å². The molecule has 1 amide bonds. The summed E-state index contributed by atoms with van der Waals surface area (Å²) in [6, 6.07) is 6.20. The van der Waals surface area contributed by atoms with Gasteiger partial charge < -0.3 is 14.4 Å². The molecule has 0 atom stereocenters. The van der Waals surface area contributed by atoms with Gasteiger partial charge in [0.1, 0.15) is 18.1 Å². The fraction of sp³-hybridized carbons (Fsp3) is 0.571. The molecule has 1 saturated heterocycles. The SMILES string of the molecule is CC(C)C(C)C.CCC(CC)(CN1CCC(=C2C3=C(C=CCC=C3)OCc3cc(OC)ccc32)CC1)C(=O)NS(C)(=O)=O. The van der Waals surface area contributed by atoms with E-state index in [4.69, 9.17) is 9.47 Å². The van der Waals surface area contributed by atoms with Gasteiger partial charge in [-0.1, -0.05) is 71.4 Å². The van der Waals surface area contributed by atoms with Crippen LogP contribution in [0.25, 0.3) is 5.57 Å². The highest BCUT2D eigenvalue weighted by molar-refractivity contribution is 7.89. The van der Waals surface area contributed by atoms with E-state index in [-0.39, 0.29) is 0 Å². The van der Waals surface area contributed by atoms with Crippen LogP contribution in [0.3, 0.4) is 0 Å². The van der Waals surface area contributed by atoms with Gasteiger partial charge in [0.2, 0.25) is 15.9 Å². The Balaban J connectivity index is 0.000000765. The number of hydrogen-bond donors (Lipinski definition) is 1. The molecule has 0 radical (unpaired) electrons. The maximum absolute atomic E-state index is 13.0. The van der Waals surface area contributed by atoms with Crippen molar-refractivity contribution in [3.8, 4) is 5.75 Å². The van der Waals surface area contributed by atoms with Crippen molar-refractivity contribution in [1.82, 2.24) is 9.62 Å². The molecule has 0 unspecified atom stereocenters. The molecular weight excluding hydrogens is 560 g/mol. The molecule has 0 aromatic heterocycles. The average Bonchev–Trinajstić information content (AvgIpc) is 3.28. The lowest BCUT2D eigenvalue weighted by atomic mass is 9.80. The van der Waals surface area contributed by atoms with Crippen LogP contribution in [0.2, 0.25) is 0 Å². The van der Waals surface area contributed by atoms with Crippen molar-refractivity contribution in [2.75, 3.05) is 33.0 Å². The first-order chi connectivity index (χ1) is 20.3. The van der Waals surface area contributed by atoms with Crippen LogP contribution >= 0.6 is 0 Å². The lowest BCUT2D eigenvalue weighted by Gasteiger charge is -2.38.